The molecular formula is C22H19N5O2S. The second-order valence-electron chi connectivity index (χ2n) is 7.15. The molecule has 4 aromatic heterocycles. The van der Waals surface area contributed by atoms with Gasteiger partial charge in [0.2, 0.25) is 0 Å². The van der Waals surface area contributed by atoms with Gasteiger partial charge >= 0.3 is 0 Å². The van der Waals surface area contributed by atoms with Crippen LogP contribution >= 0.6 is 11.3 Å². The van der Waals surface area contributed by atoms with Crippen LogP contribution in [0.15, 0.2) is 46.9 Å². The second kappa shape index (κ2) is 7.07. The molecule has 0 saturated heterocycles. The number of hydrogen-bond acceptors (Lipinski definition) is 6. The first-order valence-corrected chi connectivity index (χ1v) is 10.3. The molecule has 5 aromatic rings. The maximum absolute atomic E-state index is 12.9. The summed E-state index contributed by atoms with van der Waals surface area (Å²) in [6.07, 6.45) is 0. The van der Waals surface area contributed by atoms with Gasteiger partial charge in [-0.3, -0.25) is 9.48 Å². The minimum atomic E-state index is -0.181. The van der Waals surface area contributed by atoms with Crippen LogP contribution in [0.4, 0.5) is 0 Å². The van der Waals surface area contributed by atoms with E-state index in [1.807, 2.05) is 57.3 Å². The van der Waals surface area contributed by atoms with Crippen molar-refractivity contribution in [2.24, 2.45) is 7.05 Å². The molecule has 0 aliphatic heterocycles. The van der Waals surface area contributed by atoms with Gasteiger partial charge in [-0.25, -0.2) is 9.97 Å². The van der Waals surface area contributed by atoms with Crippen molar-refractivity contribution in [1.82, 2.24) is 25.1 Å². The molecule has 0 spiro atoms. The summed E-state index contributed by atoms with van der Waals surface area (Å²) in [7, 11) is 1.83. The zero-order valence-electron chi connectivity index (χ0n) is 16.8. The molecular weight excluding hydrogens is 398 g/mol. The monoisotopic (exact) mass is 417 g/mol. The molecule has 0 fully saturated rings. The lowest BCUT2D eigenvalue weighted by Gasteiger charge is -2.07. The highest BCUT2D eigenvalue weighted by Crippen LogP contribution is 2.31. The number of furan rings is 1. The fraction of sp³-hybridized carbons (Fsp3) is 0.182. The van der Waals surface area contributed by atoms with Crippen molar-refractivity contribution >= 4 is 38.5 Å². The summed E-state index contributed by atoms with van der Waals surface area (Å²) in [4.78, 5) is 22.0. The smallest absolute Gasteiger partial charge is 0.252 e. The Morgan fingerprint density at radius 3 is 2.83 bits per heavy atom. The van der Waals surface area contributed by atoms with Crippen molar-refractivity contribution in [2.75, 3.05) is 0 Å². The molecule has 0 unspecified atom stereocenters. The van der Waals surface area contributed by atoms with Crippen LogP contribution in [0.2, 0.25) is 0 Å². The molecule has 0 radical (unpaired) electrons. The number of fused-ring (bicyclic) bond motifs is 2. The highest BCUT2D eigenvalue weighted by atomic mass is 32.1. The summed E-state index contributed by atoms with van der Waals surface area (Å²) in [5.41, 5.74) is 3.77. The molecule has 4 heterocycles. The van der Waals surface area contributed by atoms with E-state index in [1.54, 1.807) is 22.1 Å². The molecule has 1 amide bonds. The van der Waals surface area contributed by atoms with Gasteiger partial charge in [-0.1, -0.05) is 12.1 Å². The van der Waals surface area contributed by atoms with Crippen molar-refractivity contribution in [3.8, 4) is 10.8 Å². The zero-order chi connectivity index (χ0) is 20.8. The molecule has 30 heavy (non-hydrogen) atoms. The molecule has 0 saturated carbocycles. The van der Waals surface area contributed by atoms with Crippen molar-refractivity contribution < 1.29 is 9.21 Å². The predicted octanol–water partition coefficient (Wildman–Crippen LogP) is 4.38. The van der Waals surface area contributed by atoms with Crippen LogP contribution in [0.3, 0.4) is 0 Å². The van der Waals surface area contributed by atoms with Gasteiger partial charge in [-0.15, -0.1) is 11.3 Å². The number of nitrogens with one attached hydrogen (secondary N) is 1. The number of carbonyl (C=O) groups is 1. The topological polar surface area (TPSA) is 85.8 Å². The molecule has 1 N–H and O–H groups in total. The van der Waals surface area contributed by atoms with Crippen molar-refractivity contribution in [1.29, 1.82) is 0 Å². The quantitative estimate of drug-likeness (QED) is 0.469. The maximum atomic E-state index is 12.9. The van der Waals surface area contributed by atoms with Crippen LogP contribution in [0.5, 0.6) is 0 Å². The van der Waals surface area contributed by atoms with Crippen LogP contribution in [-0.2, 0) is 13.6 Å². The number of amides is 1. The summed E-state index contributed by atoms with van der Waals surface area (Å²) in [6.45, 7) is 4.04. The Balaban J connectivity index is 1.37. The first-order chi connectivity index (χ1) is 14.5. The maximum Gasteiger partial charge on any atom is 0.252 e. The van der Waals surface area contributed by atoms with E-state index in [9.17, 15) is 4.79 Å². The van der Waals surface area contributed by atoms with E-state index in [1.165, 1.54) is 0 Å². The SMILES string of the molecule is Cc1cc(C(=O)NCc2ccc(-c3nc4ccccc4s3)o2)c2c(C)nn(C)c2n1. The molecule has 0 aliphatic rings. The molecule has 8 heteroatoms. The third kappa shape index (κ3) is 3.15. The molecule has 0 bridgehead atoms. The number of aromatic nitrogens is 4. The van der Waals surface area contributed by atoms with Crippen molar-refractivity contribution in [3.05, 3.63) is 65.2 Å². The number of para-hydroxylation sites is 1. The van der Waals surface area contributed by atoms with Gasteiger partial charge < -0.3 is 9.73 Å². The van der Waals surface area contributed by atoms with Gasteiger partial charge in [0.1, 0.15) is 5.76 Å². The number of thiazole rings is 1. The number of hydrogen-bond donors (Lipinski definition) is 1. The Bertz CT molecular complexity index is 1380. The summed E-state index contributed by atoms with van der Waals surface area (Å²) in [5.74, 6) is 1.19. The van der Waals surface area contributed by atoms with E-state index in [0.717, 1.165) is 32.0 Å². The Hall–Kier alpha value is -3.52. The zero-order valence-corrected chi connectivity index (χ0v) is 17.6. The van der Waals surface area contributed by atoms with Crippen molar-refractivity contribution in [3.63, 3.8) is 0 Å². The predicted molar refractivity (Wildman–Crippen MR) is 116 cm³/mol. The van der Waals surface area contributed by atoms with Crippen LogP contribution < -0.4 is 5.32 Å². The lowest BCUT2D eigenvalue weighted by atomic mass is 10.1. The van der Waals surface area contributed by atoms with Gasteiger partial charge in [0.05, 0.1) is 33.4 Å². The molecule has 150 valence electrons. The molecule has 0 aliphatic carbocycles. The van der Waals surface area contributed by atoms with Gasteiger partial charge in [0.15, 0.2) is 16.4 Å². The van der Waals surface area contributed by atoms with Crippen LogP contribution in [-0.4, -0.2) is 25.7 Å². The lowest BCUT2D eigenvalue weighted by molar-refractivity contribution is 0.0949. The Labute approximate surface area is 176 Å². The largest absolute Gasteiger partial charge is 0.457 e. The fourth-order valence-corrected chi connectivity index (χ4v) is 4.50. The summed E-state index contributed by atoms with van der Waals surface area (Å²) in [6, 6.07) is 13.5. The Morgan fingerprint density at radius 1 is 1.17 bits per heavy atom. The molecule has 5 rings (SSSR count). The van der Waals surface area contributed by atoms with Crippen molar-refractivity contribution in [2.45, 2.75) is 20.4 Å². The van der Waals surface area contributed by atoms with E-state index in [-0.39, 0.29) is 12.5 Å². The highest BCUT2D eigenvalue weighted by Gasteiger charge is 2.18. The van der Waals surface area contributed by atoms with Crippen LogP contribution in [0, 0.1) is 13.8 Å². The van der Waals surface area contributed by atoms with Gasteiger partial charge in [-0.2, -0.15) is 5.10 Å². The van der Waals surface area contributed by atoms with E-state index in [2.05, 4.69) is 20.4 Å². The Morgan fingerprint density at radius 2 is 2.00 bits per heavy atom. The molecule has 1 aromatic carbocycles. The summed E-state index contributed by atoms with van der Waals surface area (Å²) >= 11 is 1.58. The average molecular weight is 417 g/mol. The number of benzene rings is 1. The van der Waals surface area contributed by atoms with Gasteiger partial charge in [-0.05, 0) is 44.2 Å². The van der Waals surface area contributed by atoms with E-state index >= 15 is 0 Å². The second-order valence-corrected chi connectivity index (χ2v) is 8.18. The van der Waals surface area contributed by atoms with Crippen LogP contribution in [0.25, 0.3) is 32.0 Å². The fourth-order valence-electron chi connectivity index (χ4n) is 3.58. The number of aryl methyl sites for hydroxylation is 3. The van der Waals surface area contributed by atoms with E-state index < -0.39 is 0 Å². The van der Waals surface area contributed by atoms with Gasteiger partial charge in [0, 0.05) is 12.7 Å². The van der Waals surface area contributed by atoms with Gasteiger partial charge in [0.25, 0.3) is 5.91 Å². The minimum absolute atomic E-state index is 0.181. The number of nitrogens with zero attached hydrogens (tertiary/aromatic N) is 4. The molecule has 0 atom stereocenters. The number of carbonyl (C=O) groups excluding carboxylic acids is 1. The summed E-state index contributed by atoms with van der Waals surface area (Å²) < 4.78 is 8.74. The number of rotatable bonds is 4. The lowest BCUT2D eigenvalue weighted by Crippen LogP contribution is -2.23. The first kappa shape index (κ1) is 18.5. The highest BCUT2D eigenvalue weighted by molar-refractivity contribution is 7.21. The summed E-state index contributed by atoms with van der Waals surface area (Å²) in [5, 5.41) is 8.94. The van der Waals surface area contributed by atoms with E-state index in [4.69, 9.17) is 4.42 Å². The first-order valence-electron chi connectivity index (χ1n) is 9.53. The van der Waals surface area contributed by atoms with Crippen LogP contribution in [0.1, 0.15) is 27.5 Å². The van der Waals surface area contributed by atoms with E-state index in [0.29, 0.717) is 22.7 Å². The number of pyridine rings is 1. The third-order valence-electron chi connectivity index (χ3n) is 4.93. The molecule has 7 nitrogen and oxygen atoms in total. The minimum Gasteiger partial charge on any atom is -0.457 e. The third-order valence-corrected chi connectivity index (χ3v) is 5.98. The normalized spacial score (nSPS) is 11.4. The standard InChI is InChI=1S/C22H19N5O2S/c1-12-10-15(19-13(2)26-27(3)20(19)24-12)21(28)23-11-14-8-9-17(29-14)22-25-16-6-4-5-7-18(16)30-22/h4-10H,11H2,1-3H3,(H,23,28). The Kier molecular flexibility index (Phi) is 4.36. The average Bonchev–Trinajstić information content (AvgIpc) is 3.43.